The molecule has 1 N–H and O–H groups in total. The summed E-state index contributed by atoms with van der Waals surface area (Å²) in [5.41, 5.74) is 6.88. The second-order valence-corrected chi connectivity index (χ2v) is 7.24. The van der Waals surface area contributed by atoms with Gasteiger partial charge in [0.05, 0.1) is 0 Å². The van der Waals surface area contributed by atoms with Gasteiger partial charge in [-0.05, 0) is 54.5 Å². The average molecular weight is 331 g/mol. The summed E-state index contributed by atoms with van der Waals surface area (Å²) in [6.45, 7) is 0.929. The Hall–Kier alpha value is -2.35. The normalized spacial score (nSPS) is 18.5. The van der Waals surface area contributed by atoms with Crippen molar-refractivity contribution < 1.29 is 4.79 Å². The van der Waals surface area contributed by atoms with Crippen molar-refractivity contribution in [1.82, 2.24) is 5.32 Å². The van der Waals surface area contributed by atoms with Crippen LogP contribution in [0.3, 0.4) is 0 Å². The predicted molar refractivity (Wildman–Crippen MR) is 103 cm³/mol. The van der Waals surface area contributed by atoms with Gasteiger partial charge in [0.15, 0.2) is 5.78 Å². The molecule has 25 heavy (non-hydrogen) atoms. The summed E-state index contributed by atoms with van der Waals surface area (Å²) in [6.07, 6.45) is 10.2. The van der Waals surface area contributed by atoms with Crippen molar-refractivity contribution >= 4 is 11.5 Å². The molecule has 2 heteroatoms. The van der Waals surface area contributed by atoms with E-state index in [1.165, 1.54) is 47.9 Å². The highest BCUT2D eigenvalue weighted by Crippen LogP contribution is 2.25. The molecule has 2 aromatic carbocycles. The molecule has 1 aliphatic heterocycles. The maximum Gasteiger partial charge on any atom is 0.187 e. The van der Waals surface area contributed by atoms with Crippen LogP contribution in [-0.4, -0.2) is 12.3 Å². The second kappa shape index (κ2) is 7.26. The number of ketones is 1. The van der Waals surface area contributed by atoms with Crippen LogP contribution in [0.25, 0.3) is 5.70 Å². The summed E-state index contributed by atoms with van der Waals surface area (Å²) in [4.78, 5) is 12.8. The zero-order valence-corrected chi connectivity index (χ0v) is 14.7. The molecule has 0 amide bonds. The maximum atomic E-state index is 12.8. The molecule has 128 valence electrons. The molecular formula is C23H25NO. The summed E-state index contributed by atoms with van der Waals surface area (Å²) in [5.74, 6) is 0.106. The Morgan fingerprint density at radius 2 is 1.64 bits per heavy atom. The van der Waals surface area contributed by atoms with Crippen molar-refractivity contribution in [3.8, 4) is 0 Å². The Kier molecular flexibility index (Phi) is 4.69. The highest BCUT2D eigenvalue weighted by atomic mass is 16.1. The van der Waals surface area contributed by atoms with E-state index in [1.807, 2.05) is 18.2 Å². The van der Waals surface area contributed by atoms with E-state index in [1.54, 1.807) is 0 Å². The highest BCUT2D eigenvalue weighted by Gasteiger charge is 2.16. The number of allylic oxidation sites excluding steroid dienone is 1. The van der Waals surface area contributed by atoms with Crippen LogP contribution in [0.2, 0.25) is 0 Å². The third-order valence-corrected chi connectivity index (χ3v) is 5.27. The van der Waals surface area contributed by atoms with E-state index in [4.69, 9.17) is 0 Å². The van der Waals surface area contributed by atoms with E-state index in [-0.39, 0.29) is 5.78 Å². The summed E-state index contributed by atoms with van der Waals surface area (Å²) >= 11 is 0. The van der Waals surface area contributed by atoms with Crippen LogP contribution in [0.5, 0.6) is 0 Å². The van der Waals surface area contributed by atoms with Crippen molar-refractivity contribution in [2.45, 2.75) is 44.9 Å². The van der Waals surface area contributed by atoms with Gasteiger partial charge in [-0.2, -0.15) is 0 Å². The topological polar surface area (TPSA) is 29.1 Å². The molecule has 0 fully saturated rings. The predicted octanol–water partition coefficient (Wildman–Crippen LogP) is 4.91. The molecular weight excluding hydrogens is 306 g/mol. The van der Waals surface area contributed by atoms with Crippen molar-refractivity contribution in [3.05, 3.63) is 76.4 Å². The van der Waals surface area contributed by atoms with Crippen molar-refractivity contribution in [2.24, 2.45) is 0 Å². The number of aryl methyl sites for hydroxylation is 1. The third-order valence-electron chi connectivity index (χ3n) is 5.27. The van der Waals surface area contributed by atoms with E-state index in [9.17, 15) is 4.79 Å². The molecule has 0 spiro atoms. The first-order valence-corrected chi connectivity index (χ1v) is 9.51. The molecule has 2 bridgehead atoms. The number of hydrogen-bond donors (Lipinski definition) is 1. The largest absolute Gasteiger partial charge is 0.384 e. The molecule has 1 heterocycles. The lowest BCUT2D eigenvalue weighted by Crippen LogP contribution is -2.16. The number of rotatable bonds is 2. The van der Waals surface area contributed by atoms with Crippen LogP contribution < -0.4 is 5.32 Å². The molecule has 0 unspecified atom stereocenters. The molecule has 5 rings (SSSR count). The van der Waals surface area contributed by atoms with Crippen molar-refractivity contribution in [3.63, 3.8) is 0 Å². The van der Waals surface area contributed by atoms with Crippen LogP contribution in [0, 0.1) is 0 Å². The van der Waals surface area contributed by atoms with Crippen molar-refractivity contribution in [2.75, 3.05) is 6.54 Å². The molecule has 0 atom stereocenters. The Balaban J connectivity index is 1.66. The van der Waals surface area contributed by atoms with Gasteiger partial charge in [-0.25, -0.2) is 0 Å². The molecule has 2 nitrogen and oxygen atoms in total. The van der Waals surface area contributed by atoms with Gasteiger partial charge in [0.25, 0.3) is 0 Å². The molecule has 2 aromatic rings. The van der Waals surface area contributed by atoms with Gasteiger partial charge in [0.1, 0.15) is 0 Å². The first-order chi connectivity index (χ1) is 12.3. The van der Waals surface area contributed by atoms with E-state index >= 15 is 0 Å². The fraction of sp³-hybridized carbons (Fsp3) is 0.348. The lowest BCUT2D eigenvalue weighted by Gasteiger charge is -2.17. The summed E-state index contributed by atoms with van der Waals surface area (Å²) in [6, 6.07) is 14.7. The van der Waals surface area contributed by atoms with Crippen LogP contribution >= 0.6 is 0 Å². The summed E-state index contributed by atoms with van der Waals surface area (Å²) < 4.78 is 0. The lowest BCUT2D eigenvalue weighted by molar-refractivity contribution is 0.104. The minimum absolute atomic E-state index is 0.106. The fourth-order valence-corrected chi connectivity index (χ4v) is 3.85. The van der Waals surface area contributed by atoms with Gasteiger partial charge in [-0.1, -0.05) is 49.6 Å². The minimum Gasteiger partial charge on any atom is -0.384 e. The SMILES string of the molecule is O=C(/C=C1\NCCCCCCCc2ccccc21)c1cc2cc(c1)C2. The monoisotopic (exact) mass is 331 g/mol. The van der Waals surface area contributed by atoms with E-state index in [0.29, 0.717) is 0 Å². The molecule has 2 aliphatic carbocycles. The van der Waals surface area contributed by atoms with Gasteiger partial charge in [-0.15, -0.1) is 0 Å². The zero-order chi connectivity index (χ0) is 17.1. The Morgan fingerprint density at radius 1 is 0.920 bits per heavy atom. The van der Waals surface area contributed by atoms with Crippen LogP contribution in [-0.2, 0) is 12.8 Å². The van der Waals surface area contributed by atoms with E-state index in [0.717, 1.165) is 37.1 Å². The molecule has 0 aromatic heterocycles. The minimum atomic E-state index is 0.106. The first kappa shape index (κ1) is 16.1. The Bertz CT molecular complexity index is 798. The van der Waals surface area contributed by atoms with E-state index < -0.39 is 0 Å². The maximum absolute atomic E-state index is 12.8. The average Bonchev–Trinajstić information content (AvgIpc) is 2.66. The fourth-order valence-electron chi connectivity index (χ4n) is 3.85. The molecule has 3 aliphatic rings. The first-order valence-electron chi connectivity index (χ1n) is 9.51. The number of nitrogens with one attached hydrogen (secondary N) is 1. The number of carbonyl (C=O) groups is 1. The quantitative estimate of drug-likeness (QED) is 0.534. The Morgan fingerprint density at radius 3 is 2.48 bits per heavy atom. The molecule has 0 radical (unpaired) electrons. The third kappa shape index (κ3) is 3.68. The number of carbonyl (C=O) groups excluding carboxylic acids is 1. The summed E-state index contributed by atoms with van der Waals surface area (Å²) in [5, 5.41) is 3.54. The van der Waals surface area contributed by atoms with Crippen LogP contribution in [0.1, 0.15) is 64.7 Å². The standard InChI is InChI=1S/C23H25NO/c25-23(20-14-17-12-18(13-17)15-20)16-22-21-10-6-5-9-19(21)8-4-2-1-3-7-11-24-22/h5-6,9-10,12,14-16,24H,1-4,7-8,11,13H2/b22-16-. The zero-order valence-electron chi connectivity index (χ0n) is 14.7. The second-order valence-electron chi connectivity index (χ2n) is 7.24. The van der Waals surface area contributed by atoms with Gasteiger partial charge >= 0.3 is 0 Å². The van der Waals surface area contributed by atoms with Gasteiger partial charge in [0, 0.05) is 29.4 Å². The lowest BCUT2D eigenvalue weighted by atomic mass is 9.88. The van der Waals surface area contributed by atoms with Gasteiger partial charge in [0.2, 0.25) is 0 Å². The number of fused-ring (bicyclic) bond motifs is 3. The summed E-state index contributed by atoms with van der Waals surface area (Å²) in [7, 11) is 0. The number of hydrogen-bond acceptors (Lipinski definition) is 2. The smallest absolute Gasteiger partial charge is 0.187 e. The molecule has 0 saturated carbocycles. The van der Waals surface area contributed by atoms with Crippen LogP contribution in [0.4, 0.5) is 0 Å². The van der Waals surface area contributed by atoms with E-state index in [2.05, 4.69) is 35.6 Å². The van der Waals surface area contributed by atoms with Crippen LogP contribution in [0.15, 0.2) is 48.5 Å². The number of benzene rings is 2. The van der Waals surface area contributed by atoms with Gasteiger partial charge in [-0.3, -0.25) is 4.79 Å². The van der Waals surface area contributed by atoms with Crippen molar-refractivity contribution in [1.29, 1.82) is 0 Å². The molecule has 0 saturated heterocycles. The van der Waals surface area contributed by atoms with Gasteiger partial charge < -0.3 is 5.32 Å². The highest BCUT2D eigenvalue weighted by molar-refractivity contribution is 6.09. The Labute approximate surface area is 150 Å².